The van der Waals surface area contributed by atoms with E-state index in [1.165, 1.54) is 6.26 Å². The maximum Gasteiger partial charge on any atom is 0.175 e. The van der Waals surface area contributed by atoms with Gasteiger partial charge in [-0.3, -0.25) is 0 Å². The first kappa shape index (κ1) is 17.0. The molecular formula is C15H25NO3S. The fourth-order valence-corrected chi connectivity index (χ4v) is 2.32. The molecule has 0 aromatic heterocycles. The SMILES string of the molecule is CCC(CNC(C)(C)C)Oc1cccc(S(C)(=O)=O)c1. The highest BCUT2D eigenvalue weighted by Crippen LogP contribution is 2.19. The van der Waals surface area contributed by atoms with E-state index < -0.39 is 9.84 Å². The summed E-state index contributed by atoms with van der Waals surface area (Å²) in [6.45, 7) is 9.08. The zero-order chi connectivity index (χ0) is 15.4. The van der Waals surface area contributed by atoms with E-state index >= 15 is 0 Å². The van der Waals surface area contributed by atoms with Gasteiger partial charge in [0, 0.05) is 18.3 Å². The van der Waals surface area contributed by atoms with Crippen LogP contribution in [0.1, 0.15) is 34.1 Å². The Hall–Kier alpha value is -1.07. The molecule has 1 aromatic carbocycles. The number of ether oxygens (including phenoxy) is 1. The van der Waals surface area contributed by atoms with E-state index in [2.05, 4.69) is 33.0 Å². The van der Waals surface area contributed by atoms with E-state index in [-0.39, 0.29) is 16.5 Å². The highest BCUT2D eigenvalue weighted by atomic mass is 32.2. The third kappa shape index (κ3) is 5.92. The van der Waals surface area contributed by atoms with Gasteiger partial charge in [0.05, 0.1) is 4.90 Å². The van der Waals surface area contributed by atoms with Crippen LogP contribution in [0, 0.1) is 0 Å². The van der Waals surface area contributed by atoms with Gasteiger partial charge >= 0.3 is 0 Å². The molecule has 0 spiro atoms. The topological polar surface area (TPSA) is 55.4 Å². The van der Waals surface area contributed by atoms with Crippen molar-refractivity contribution in [2.24, 2.45) is 0 Å². The van der Waals surface area contributed by atoms with Crippen molar-refractivity contribution in [1.29, 1.82) is 0 Å². The first-order valence-electron chi connectivity index (χ1n) is 6.83. The van der Waals surface area contributed by atoms with Gasteiger partial charge in [0.2, 0.25) is 0 Å². The van der Waals surface area contributed by atoms with Gasteiger partial charge in [0.1, 0.15) is 11.9 Å². The van der Waals surface area contributed by atoms with Gasteiger partial charge in [-0.15, -0.1) is 0 Å². The standard InChI is InChI=1S/C15H25NO3S/c1-6-12(11-16-15(2,3)4)19-13-8-7-9-14(10-13)20(5,17)18/h7-10,12,16H,6,11H2,1-5H3. The lowest BCUT2D eigenvalue weighted by molar-refractivity contribution is 0.181. The molecule has 1 atom stereocenters. The molecule has 0 fully saturated rings. The second kappa shape index (κ2) is 6.59. The summed E-state index contributed by atoms with van der Waals surface area (Å²) in [5.74, 6) is 0.593. The van der Waals surface area contributed by atoms with Crippen molar-refractivity contribution in [3.05, 3.63) is 24.3 Å². The molecule has 0 aliphatic heterocycles. The van der Waals surface area contributed by atoms with Crippen LogP contribution in [-0.2, 0) is 9.84 Å². The van der Waals surface area contributed by atoms with Gasteiger partial charge in [-0.25, -0.2) is 8.42 Å². The Morgan fingerprint density at radius 3 is 2.45 bits per heavy atom. The summed E-state index contributed by atoms with van der Waals surface area (Å²) in [4.78, 5) is 0.286. The Bertz CT molecular complexity index is 532. The number of nitrogens with one attached hydrogen (secondary N) is 1. The molecule has 114 valence electrons. The average molecular weight is 299 g/mol. The Labute approximate surface area is 122 Å². The molecule has 4 nitrogen and oxygen atoms in total. The molecular weight excluding hydrogens is 274 g/mol. The molecule has 1 rings (SSSR count). The van der Waals surface area contributed by atoms with Gasteiger partial charge < -0.3 is 10.1 Å². The molecule has 1 N–H and O–H groups in total. The molecule has 0 heterocycles. The van der Waals surface area contributed by atoms with E-state index in [1.54, 1.807) is 24.3 Å². The lowest BCUT2D eigenvalue weighted by atomic mass is 10.1. The third-order valence-corrected chi connectivity index (χ3v) is 3.96. The molecule has 0 bridgehead atoms. The molecule has 0 radical (unpaired) electrons. The van der Waals surface area contributed by atoms with E-state index in [0.29, 0.717) is 5.75 Å². The minimum absolute atomic E-state index is 0.0176. The highest BCUT2D eigenvalue weighted by molar-refractivity contribution is 7.90. The van der Waals surface area contributed by atoms with Crippen molar-refractivity contribution in [1.82, 2.24) is 5.32 Å². The van der Waals surface area contributed by atoms with E-state index in [9.17, 15) is 8.42 Å². The summed E-state index contributed by atoms with van der Waals surface area (Å²) in [7, 11) is -3.20. The fourth-order valence-electron chi connectivity index (χ4n) is 1.66. The van der Waals surface area contributed by atoms with E-state index in [4.69, 9.17) is 4.74 Å². The molecule has 0 aliphatic carbocycles. The number of sulfone groups is 1. The minimum Gasteiger partial charge on any atom is -0.489 e. The van der Waals surface area contributed by atoms with Crippen LogP contribution in [0.15, 0.2) is 29.2 Å². The summed E-state index contributed by atoms with van der Waals surface area (Å²) in [5.41, 5.74) is 0.0331. The smallest absolute Gasteiger partial charge is 0.175 e. The van der Waals surface area contributed by atoms with Crippen molar-refractivity contribution in [3.8, 4) is 5.75 Å². The number of rotatable bonds is 6. The van der Waals surface area contributed by atoms with Crippen LogP contribution in [0.5, 0.6) is 5.75 Å². The third-order valence-electron chi connectivity index (χ3n) is 2.85. The van der Waals surface area contributed by atoms with Crippen LogP contribution in [0.3, 0.4) is 0 Å². The van der Waals surface area contributed by atoms with Crippen molar-refractivity contribution < 1.29 is 13.2 Å². The molecule has 5 heteroatoms. The lowest BCUT2D eigenvalue weighted by Crippen LogP contribution is -2.42. The maximum absolute atomic E-state index is 11.5. The van der Waals surface area contributed by atoms with Crippen LogP contribution in [-0.4, -0.2) is 32.9 Å². The van der Waals surface area contributed by atoms with Crippen LogP contribution >= 0.6 is 0 Å². The predicted molar refractivity (Wildman–Crippen MR) is 82.0 cm³/mol. The van der Waals surface area contributed by atoms with Gasteiger partial charge in [-0.2, -0.15) is 0 Å². The zero-order valence-electron chi connectivity index (χ0n) is 12.9. The summed E-state index contributed by atoms with van der Waals surface area (Å²) < 4.78 is 28.9. The maximum atomic E-state index is 11.5. The average Bonchev–Trinajstić information content (AvgIpc) is 2.32. The van der Waals surface area contributed by atoms with Crippen LogP contribution in [0.4, 0.5) is 0 Å². The lowest BCUT2D eigenvalue weighted by Gasteiger charge is -2.25. The van der Waals surface area contributed by atoms with Crippen molar-refractivity contribution in [2.45, 2.75) is 50.7 Å². The summed E-state index contributed by atoms with van der Waals surface area (Å²) in [6, 6.07) is 6.65. The molecule has 0 saturated heterocycles. The first-order chi connectivity index (χ1) is 9.12. The molecule has 20 heavy (non-hydrogen) atoms. The summed E-state index contributed by atoms with van der Waals surface area (Å²) >= 11 is 0. The van der Waals surface area contributed by atoms with Crippen LogP contribution < -0.4 is 10.1 Å². The second-order valence-electron chi connectivity index (χ2n) is 6.03. The molecule has 1 unspecified atom stereocenters. The van der Waals surface area contributed by atoms with Crippen molar-refractivity contribution >= 4 is 9.84 Å². The highest BCUT2D eigenvalue weighted by Gasteiger charge is 2.15. The second-order valence-corrected chi connectivity index (χ2v) is 8.04. The van der Waals surface area contributed by atoms with E-state index in [1.807, 2.05) is 0 Å². The largest absolute Gasteiger partial charge is 0.489 e. The van der Waals surface area contributed by atoms with Gasteiger partial charge in [-0.05, 0) is 45.4 Å². The van der Waals surface area contributed by atoms with Crippen LogP contribution in [0.25, 0.3) is 0 Å². The molecule has 0 aliphatic rings. The normalized spacial score (nSPS) is 14.1. The molecule has 1 aromatic rings. The van der Waals surface area contributed by atoms with E-state index in [0.717, 1.165) is 13.0 Å². The van der Waals surface area contributed by atoms with Crippen molar-refractivity contribution in [2.75, 3.05) is 12.8 Å². The van der Waals surface area contributed by atoms with Gasteiger partial charge in [0.15, 0.2) is 9.84 Å². The fraction of sp³-hybridized carbons (Fsp3) is 0.600. The van der Waals surface area contributed by atoms with Crippen molar-refractivity contribution in [3.63, 3.8) is 0 Å². The Morgan fingerprint density at radius 1 is 1.30 bits per heavy atom. The van der Waals surface area contributed by atoms with Gasteiger partial charge in [-0.1, -0.05) is 13.0 Å². The van der Waals surface area contributed by atoms with Crippen LogP contribution in [0.2, 0.25) is 0 Å². The molecule has 0 saturated carbocycles. The monoisotopic (exact) mass is 299 g/mol. The quantitative estimate of drug-likeness (QED) is 0.877. The Kier molecular flexibility index (Phi) is 5.59. The number of hydrogen-bond acceptors (Lipinski definition) is 4. The first-order valence-corrected chi connectivity index (χ1v) is 8.73. The summed E-state index contributed by atoms with van der Waals surface area (Å²) in [6.07, 6.45) is 2.07. The van der Waals surface area contributed by atoms with Gasteiger partial charge in [0.25, 0.3) is 0 Å². The molecule has 0 amide bonds. The Morgan fingerprint density at radius 2 is 1.95 bits per heavy atom. The predicted octanol–water partition coefficient (Wildman–Crippen LogP) is 2.64. The Balaban J connectivity index is 2.75. The minimum atomic E-state index is -3.20. The summed E-state index contributed by atoms with van der Waals surface area (Å²) in [5, 5.41) is 3.39. The number of hydrogen-bond donors (Lipinski definition) is 1. The zero-order valence-corrected chi connectivity index (χ0v) is 13.8. The number of benzene rings is 1.